The molecule has 7 nitrogen and oxygen atoms in total. The number of rotatable bonds is 8. The molecule has 1 aromatic carbocycles. The summed E-state index contributed by atoms with van der Waals surface area (Å²) in [6.45, 7) is 2.07. The lowest BCUT2D eigenvalue weighted by molar-refractivity contribution is -0.134. The van der Waals surface area contributed by atoms with Gasteiger partial charge in [0, 0.05) is 17.8 Å². The highest BCUT2D eigenvalue weighted by Gasteiger charge is 2.19. The van der Waals surface area contributed by atoms with Crippen LogP contribution in [0.1, 0.15) is 27.9 Å². The van der Waals surface area contributed by atoms with Crippen LogP contribution < -0.4 is 10.6 Å². The maximum atomic E-state index is 12.4. The van der Waals surface area contributed by atoms with Gasteiger partial charge in [-0.05, 0) is 51.4 Å². The Morgan fingerprint density at radius 2 is 2.00 bits per heavy atom. The zero-order valence-corrected chi connectivity index (χ0v) is 14.6. The number of benzene rings is 1. The molecule has 1 aromatic heterocycles. The van der Waals surface area contributed by atoms with Crippen molar-refractivity contribution in [1.82, 2.24) is 10.2 Å². The van der Waals surface area contributed by atoms with E-state index in [1.165, 1.54) is 0 Å². The number of nitrogens with one attached hydrogen (secondary N) is 2. The van der Waals surface area contributed by atoms with Gasteiger partial charge in [-0.25, -0.2) is 0 Å². The number of carboxylic acid groups (broad SMARTS) is 1. The molecule has 1 atom stereocenters. The van der Waals surface area contributed by atoms with Gasteiger partial charge < -0.3 is 20.2 Å². The van der Waals surface area contributed by atoms with Gasteiger partial charge in [0.2, 0.25) is 0 Å². The number of aliphatic carboxylic acids is 1. The molecule has 0 bridgehead atoms. The summed E-state index contributed by atoms with van der Waals surface area (Å²) in [5.74, 6) is 0.427. The summed E-state index contributed by atoms with van der Waals surface area (Å²) in [5, 5.41) is 14.3. The molecular formula is C18H23N3O4. The van der Waals surface area contributed by atoms with E-state index < -0.39 is 5.97 Å². The third-order valence-corrected chi connectivity index (χ3v) is 3.74. The molecule has 2 aromatic rings. The second kappa shape index (κ2) is 8.34. The Bertz CT molecular complexity index is 739. The minimum Gasteiger partial charge on any atom is -0.480 e. The quantitative estimate of drug-likeness (QED) is 0.678. The van der Waals surface area contributed by atoms with Crippen LogP contribution in [0.4, 0.5) is 5.69 Å². The normalized spacial score (nSPS) is 12.0. The predicted octanol–water partition coefficient (Wildman–Crippen LogP) is 2.12. The number of anilines is 1. The second-order valence-electron chi connectivity index (χ2n) is 5.97. The molecule has 1 heterocycles. The van der Waals surface area contributed by atoms with E-state index in [0.29, 0.717) is 17.8 Å². The molecule has 25 heavy (non-hydrogen) atoms. The molecule has 2 rings (SSSR count). The second-order valence-corrected chi connectivity index (χ2v) is 5.97. The summed E-state index contributed by atoms with van der Waals surface area (Å²) in [5.41, 5.74) is 1.05. The predicted molar refractivity (Wildman–Crippen MR) is 94.8 cm³/mol. The van der Waals surface area contributed by atoms with Gasteiger partial charge in [0.25, 0.3) is 5.91 Å². The molecule has 0 spiro atoms. The van der Waals surface area contributed by atoms with Crippen molar-refractivity contribution in [2.45, 2.75) is 13.0 Å². The van der Waals surface area contributed by atoms with Gasteiger partial charge >= 0.3 is 5.97 Å². The molecule has 3 N–H and O–H groups in total. The minimum absolute atomic E-state index is 0.0778. The SMILES string of the molecule is Cc1ccc([C@@H](CNC(=O)c2cccc(NCC(=O)O)c2)N(C)C)o1. The Balaban J connectivity index is 2.01. The summed E-state index contributed by atoms with van der Waals surface area (Å²) in [4.78, 5) is 25.0. The fraction of sp³-hybridized carbons (Fsp3) is 0.333. The van der Waals surface area contributed by atoms with Crippen molar-refractivity contribution >= 4 is 17.6 Å². The molecule has 0 aliphatic heterocycles. The molecule has 134 valence electrons. The molecule has 7 heteroatoms. The van der Waals surface area contributed by atoms with E-state index in [0.717, 1.165) is 11.5 Å². The summed E-state index contributed by atoms with van der Waals surface area (Å²) < 4.78 is 5.66. The first-order valence-electron chi connectivity index (χ1n) is 7.93. The summed E-state index contributed by atoms with van der Waals surface area (Å²) >= 11 is 0. The van der Waals surface area contributed by atoms with E-state index in [9.17, 15) is 9.59 Å². The zero-order valence-electron chi connectivity index (χ0n) is 14.6. The number of aryl methyl sites for hydroxylation is 1. The van der Waals surface area contributed by atoms with E-state index in [-0.39, 0.29) is 18.5 Å². The standard InChI is InChI=1S/C18H23N3O4/c1-12-7-8-16(25-12)15(21(2)3)10-20-18(24)13-5-4-6-14(9-13)19-11-17(22)23/h4-9,15,19H,10-11H2,1-3H3,(H,20,24)(H,22,23)/t15-/m1/s1. The van der Waals surface area contributed by atoms with E-state index in [2.05, 4.69) is 10.6 Å². The van der Waals surface area contributed by atoms with Crippen LogP contribution >= 0.6 is 0 Å². The maximum Gasteiger partial charge on any atom is 0.322 e. The summed E-state index contributed by atoms with van der Waals surface area (Å²) in [7, 11) is 3.84. The first-order valence-corrected chi connectivity index (χ1v) is 7.93. The third-order valence-electron chi connectivity index (χ3n) is 3.74. The first kappa shape index (κ1) is 18.5. The van der Waals surface area contributed by atoms with Crippen molar-refractivity contribution in [2.24, 2.45) is 0 Å². The van der Waals surface area contributed by atoms with E-state index in [1.807, 2.05) is 38.1 Å². The van der Waals surface area contributed by atoms with Crippen LogP contribution in [0.25, 0.3) is 0 Å². The van der Waals surface area contributed by atoms with Gasteiger partial charge in [-0.1, -0.05) is 6.07 Å². The molecule has 0 aliphatic rings. The molecule has 0 aliphatic carbocycles. The van der Waals surface area contributed by atoms with Crippen LogP contribution in [0, 0.1) is 6.92 Å². The van der Waals surface area contributed by atoms with Crippen LogP contribution in [0.5, 0.6) is 0 Å². The lowest BCUT2D eigenvalue weighted by atomic mass is 10.1. The number of amides is 1. The fourth-order valence-electron chi connectivity index (χ4n) is 2.41. The average molecular weight is 345 g/mol. The number of carbonyl (C=O) groups is 2. The monoisotopic (exact) mass is 345 g/mol. The van der Waals surface area contributed by atoms with Crippen molar-refractivity contribution in [3.05, 3.63) is 53.5 Å². The first-order chi connectivity index (χ1) is 11.9. The Morgan fingerprint density at radius 3 is 2.60 bits per heavy atom. The lowest BCUT2D eigenvalue weighted by Gasteiger charge is -2.22. The molecule has 0 unspecified atom stereocenters. The number of carbonyl (C=O) groups excluding carboxylic acids is 1. The highest BCUT2D eigenvalue weighted by atomic mass is 16.4. The van der Waals surface area contributed by atoms with Gasteiger partial charge in [-0.2, -0.15) is 0 Å². The number of likely N-dealkylation sites (N-methyl/N-ethyl adjacent to an activating group) is 1. The van der Waals surface area contributed by atoms with Crippen molar-refractivity contribution in [2.75, 3.05) is 32.5 Å². The smallest absolute Gasteiger partial charge is 0.322 e. The Hall–Kier alpha value is -2.80. The summed E-state index contributed by atoms with van der Waals surface area (Å²) in [6.07, 6.45) is 0. The number of carboxylic acids is 1. The number of furan rings is 1. The van der Waals surface area contributed by atoms with E-state index >= 15 is 0 Å². The van der Waals surface area contributed by atoms with Crippen LogP contribution in [-0.2, 0) is 4.79 Å². The van der Waals surface area contributed by atoms with Crippen molar-refractivity contribution < 1.29 is 19.1 Å². The van der Waals surface area contributed by atoms with Crippen molar-refractivity contribution in [3.63, 3.8) is 0 Å². The van der Waals surface area contributed by atoms with Crippen LogP contribution in [0.2, 0.25) is 0 Å². The molecule has 0 fully saturated rings. The zero-order chi connectivity index (χ0) is 18.4. The topological polar surface area (TPSA) is 94.8 Å². The highest BCUT2D eigenvalue weighted by Crippen LogP contribution is 2.20. The van der Waals surface area contributed by atoms with Gasteiger partial charge in [0.05, 0.1) is 6.04 Å². The Labute approximate surface area is 146 Å². The number of hydrogen-bond acceptors (Lipinski definition) is 5. The average Bonchev–Trinajstić information content (AvgIpc) is 2.99. The van der Waals surface area contributed by atoms with E-state index in [1.54, 1.807) is 24.3 Å². The van der Waals surface area contributed by atoms with Crippen molar-refractivity contribution in [3.8, 4) is 0 Å². The molecule has 0 radical (unpaired) electrons. The van der Waals surface area contributed by atoms with Gasteiger partial charge in [-0.3, -0.25) is 14.5 Å². The van der Waals surface area contributed by atoms with E-state index in [4.69, 9.17) is 9.52 Å². The molecular weight excluding hydrogens is 322 g/mol. The van der Waals surface area contributed by atoms with Crippen LogP contribution in [-0.4, -0.2) is 49.1 Å². The van der Waals surface area contributed by atoms with Crippen molar-refractivity contribution in [1.29, 1.82) is 0 Å². The lowest BCUT2D eigenvalue weighted by Crippen LogP contribution is -2.34. The maximum absolute atomic E-state index is 12.4. The Kier molecular flexibility index (Phi) is 6.19. The minimum atomic E-state index is -0.961. The molecule has 0 saturated carbocycles. The Morgan fingerprint density at radius 1 is 1.24 bits per heavy atom. The number of hydrogen-bond donors (Lipinski definition) is 3. The molecule has 1 amide bonds. The number of nitrogens with zero attached hydrogens (tertiary/aromatic N) is 1. The van der Waals surface area contributed by atoms with Gasteiger partial charge in [-0.15, -0.1) is 0 Å². The van der Waals surface area contributed by atoms with Gasteiger partial charge in [0.15, 0.2) is 0 Å². The largest absolute Gasteiger partial charge is 0.480 e. The van der Waals surface area contributed by atoms with Crippen LogP contribution in [0.15, 0.2) is 40.8 Å². The highest BCUT2D eigenvalue weighted by molar-refractivity contribution is 5.95. The fourth-order valence-corrected chi connectivity index (χ4v) is 2.41. The third kappa shape index (κ3) is 5.36. The van der Waals surface area contributed by atoms with Gasteiger partial charge in [0.1, 0.15) is 18.1 Å². The van der Waals surface area contributed by atoms with Crippen LogP contribution in [0.3, 0.4) is 0 Å². The molecule has 0 saturated heterocycles. The summed E-state index contributed by atoms with van der Waals surface area (Å²) in [6, 6.07) is 10.5.